The second-order valence-electron chi connectivity index (χ2n) is 5.95. The monoisotopic (exact) mass is 262 g/mol. The summed E-state index contributed by atoms with van der Waals surface area (Å²) >= 11 is 0. The van der Waals surface area contributed by atoms with E-state index in [2.05, 4.69) is 49.9 Å². The van der Waals surface area contributed by atoms with Crippen molar-refractivity contribution < 1.29 is 0 Å². The van der Waals surface area contributed by atoms with Crippen LogP contribution in [-0.4, -0.2) is 8.07 Å². The molecule has 0 rings (SSSR count). The summed E-state index contributed by atoms with van der Waals surface area (Å²) in [4.78, 5) is 0. The molecule has 0 aromatic rings. The van der Waals surface area contributed by atoms with Gasteiger partial charge in [0.2, 0.25) is 0 Å². The SMILES string of the molecule is CCCCCCCCCC#CCC#C[Si](C)(C)C. The largest absolute Gasteiger partial charge is 0.131 e. The molecule has 0 aromatic carbocycles. The van der Waals surface area contributed by atoms with Crippen LogP contribution in [0.4, 0.5) is 0 Å². The summed E-state index contributed by atoms with van der Waals surface area (Å²) < 4.78 is 0. The van der Waals surface area contributed by atoms with E-state index >= 15 is 0 Å². The Kier molecular flexibility index (Phi) is 11.0. The fourth-order valence-corrected chi connectivity index (χ4v) is 2.29. The van der Waals surface area contributed by atoms with E-state index in [1.807, 2.05) is 0 Å². The van der Waals surface area contributed by atoms with E-state index in [9.17, 15) is 0 Å². The molecule has 0 nitrogen and oxygen atoms in total. The average molecular weight is 263 g/mol. The molecule has 0 aliphatic heterocycles. The Morgan fingerprint density at radius 3 is 1.94 bits per heavy atom. The van der Waals surface area contributed by atoms with Gasteiger partial charge in [0.25, 0.3) is 0 Å². The second-order valence-corrected chi connectivity index (χ2v) is 10.7. The predicted octanol–water partition coefficient (Wildman–Crippen LogP) is 5.40. The Labute approximate surface area is 116 Å². The van der Waals surface area contributed by atoms with Crippen molar-refractivity contribution >= 4 is 8.07 Å². The predicted molar refractivity (Wildman–Crippen MR) is 86.1 cm³/mol. The fraction of sp³-hybridized carbons (Fsp3) is 0.765. The molecule has 0 N–H and O–H groups in total. The summed E-state index contributed by atoms with van der Waals surface area (Å²) in [5.74, 6) is 9.59. The van der Waals surface area contributed by atoms with Gasteiger partial charge in [0.15, 0.2) is 0 Å². The van der Waals surface area contributed by atoms with Crippen LogP contribution in [-0.2, 0) is 0 Å². The lowest BCUT2D eigenvalue weighted by atomic mass is 10.1. The molecule has 18 heavy (non-hydrogen) atoms. The van der Waals surface area contributed by atoms with Gasteiger partial charge in [-0.3, -0.25) is 0 Å². The molecule has 0 aromatic heterocycles. The zero-order valence-corrected chi connectivity index (χ0v) is 13.9. The van der Waals surface area contributed by atoms with Gasteiger partial charge in [-0.15, -0.1) is 11.5 Å². The van der Waals surface area contributed by atoms with Crippen molar-refractivity contribution in [2.75, 3.05) is 0 Å². The van der Waals surface area contributed by atoms with E-state index in [1.165, 1.54) is 44.9 Å². The summed E-state index contributed by atoms with van der Waals surface area (Å²) in [5.41, 5.74) is 3.34. The third-order valence-corrected chi connectivity index (χ3v) is 3.60. The van der Waals surface area contributed by atoms with Crippen molar-refractivity contribution in [1.82, 2.24) is 0 Å². The third kappa shape index (κ3) is 15.3. The standard InChI is InChI=1S/C17H30Si/c1-5-6-7-8-9-10-11-12-13-14-15-16-17-18(2,3)4/h5-12,15H2,1-4H3. The molecular weight excluding hydrogens is 232 g/mol. The molecule has 102 valence electrons. The van der Waals surface area contributed by atoms with Crippen molar-refractivity contribution in [2.24, 2.45) is 0 Å². The Morgan fingerprint density at radius 1 is 0.722 bits per heavy atom. The highest BCUT2D eigenvalue weighted by Crippen LogP contribution is 2.07. The Hall–Kier alpha value is -0.663. The van der Waals surface area contributed by atoms with Gasteiger partial charge in [-0.25, -0.2) is 0 Å². The zero-order chi connectivity index (χ0) is 13.7. The van der Waals surface area contributed by atoms with Gasteiger partial charge in [0.1, 0.15) is 8.07 Å². The lowest BCUT2D eigenvalue weighted by Gasteiger charge is -2.02. The molecular formula is C17H30Si. The number of hydrogen-bond donors (Lipinski definition) is 0. The van der Waals surface area contributed by atoms with E-state index in [0.29, 0.717) is 0 Å². The van der Waals surface area contributed by atoms with Crippen molar-refractivity contribution in [1.29, 1.82) is 0 Å². The maximum Gasteiger partial charge on any atom is 0.129 e. The molecule has 0 spiro atoms. The smallest absolute Gasteiger partial charge is 0.129 e. The Bertz CT molecular complexity index is 300. The normalized spacial score (nSPS) is 10.2. The van der Waals surface area contributed by atoms with Gasteiger partial charge in [-0.2, -0.15) is 0 Å². The zero-order valence-electron chi connectivity index (χ0n) is 12.9. The summed E-state index contributed by atoms with van der Waals surface area (Å²) in [6, 6.07) is 0. The van der Waals surface area contributed by atoms with Crippen LogP contribution in [0.3, 0.4) is 0 Å². The first-order valence-electron chi connectivity index (χ1n) is 7.52. The first-order chi connectivity index (χ1) is 8.56. The van der Waals surface area contributed by atoms with Crippen LogP contribution in [0.1, 0.15) is 64.7 Å². The minimum absolute atomic E-state index is 0.765. The van der Waals surface area contributed by atoms with Crippen molar-refractivity contribution in [2.45, 2.75) is 84.4 Å². The molecule has 0 radical (unpaired) electrons. The van der Waals surface area contributed by atoms with Crippen LogP contribution in [0.5, 0.6) is 0 Å². The van der Waals surface area contributed by atoms with Gasteiger partial charge < -0.3 is 0 Å². The Balaban J connectivity index is 3.36. The van der Waals surface area contributed by atoms with Crippen LogP contribution in [0.25, 0.3) is 0 Å². The van der Waals surface area contributed by atoms with Crippen LogP contribution in [0.2, 0.25) is 19.6 Å². The van der Waals surface area contributed by atoms with Gasteiger partial charge >= 0.3 is 0 Å². The first kappa shape index (κ1) is 17.3. The highest BCUT2D eigenvalue weighted by Gasteiger charge is 2.06. The molecule has 0 saturated carbocycles. The Morgan fingerprint density at radius 2 is 1.33 bits per heavy atom. The maximum absolute atomic E-state index is 3.34. The first-order valence-corrected chi connectivity index (χ1v) is 11.0. The molecule has 0 unspecified atom stereocenters. The van der Waals surface area contributed by atoms with Crippen molar-refractivity contribution in [3.63, 3.8) is 0 Å². The topological polar surface area (TPSA) is 0 Å². The number of unbranched alkanes of at least 4 members (excludes halogenated alkanes) is 7. The molecule has 0 saturated heterocycles. The molecule has 0 amide bonds. The minimum atomic E-state index is -1.18. The van der Waals surface area contributed by atoms with Gasteiger partial charge in [-0.05, 0) is 6.42 Å². The second kappa shape index (κ2) is 11.4. The lowest BCUT2D eigenvalue weighted by Crippen LogP contribution is -2.16. The van der Waals surface area contributed by atoms with E-state index in [1.54, 1.807) is 0 Å². The van der Waals surface area contributed by atoms with Crippen LogP contribution in [0, 0.1) is 23.3 Å². The molecule has 0 bridgehead atoms. The van der Waals surface area contributed by atoms with E-state index in [0.717, 1.165) is 12.8 Å². The van der Waals surface area contributed by atoms with E-state index in [4.69, 9.17) is 0 Å². The molecule has 0 atom stereocenters. The quantitative estimate of drug-likeness (QED) is 0.327. The molecule has 0 fully saturated rings. The fourth-order valence-electron chi connectivity index (χ4n) is 1.67. The van der Waals surface area contributed by atoms with Crippen LogP contribution < -0.4 is 0 Å². The lowest BCUT2D eigenvalue weighted by molar-refractivity contribution is 0.594. The number of rotatable bonds is 7. The van der Waals surface area contributed by atoms with Gasteiger partial charge in [0.05, 0.1) is 6.42 Å². The summed E-state index contributed by atoms with van der Waals surface area (Å²) in [6.45, 7) is 9.07. The highest BCUT2D eigenvalue weighted by molar-refractivity contribution is 6.83. The summed E-state index contributed by atoms with van der Waals surface area (Å²) in [7, 11) is -1.18. The molecule has 0 aliphatic rings. The summed E-state index contributed by atoms with van der Waals surface area (Å²) in [6.07, 6.45) is 11.4. The van der Waals surface area contributed by atoms with Crippen molar-refractivity contribution in [3.8, 4) is 23.3 Å². The van der Waals surface area contributed by atoms with Crippen LogP contribution >= 0.6 is 0 Å². The van der Waals surface area contributed by atoms with E-state index < -0.39 is 8.07 Å². The van der Waals surface area contributed by atoms with Gasteiger partial charge in [-0.1, -0.05) is 76.9 Å². The number of hydrogen-bond acceptors (Lipinski definition) is 0. The van der Waals surface area contributed by atoms with Crippen LogP contribution in [0.15, 0.2) is 0 Å². The molecule has 0 aliphatic carbocycles. The van der Waals surface area contributed by atoms with Gasteiger partial charge in [0, 0.05) is 6.42 Å². The van der Waals surface area contributed by atoms with Crippen molar-refractivity contribution in [3.05, 3.63) is 0 Å². The minimum Gasteiger partial charge on any atom is -0.131 e. The highest BCUT2D eigenvalue weighted by atomic mass is 28.3. The molecule has 0 heterocycles. The average Bonchev–Trinajstić information content (AvgIpc) is 2.29. The third-order valence-electron chi connectivity index (χ3n) is 2.67. The maximum atomic E-state index is 3.34. The van der Waals surface area contributed by atoms with E-state index in [-0.39, 0.29) is 0 Å². The summed E-state index contributed by atoms with van der Waals surface area (Å²) in [5, 5.41) is 0. The molecule has 1 heteroatoms.